The van der Waals surface area contributed by atoms with Crippen LogP contribution < -0.4 is 14.4 Å². The minimum absolute atomic E-state index is 0.0618. The van der Waals surface area contributed by atoms with Crippen LogP contribution in [0.4, 0.5) is 5.69 Å². The molecular formula is C31H41N5O4S. The number of carbonyl (C=O) groups is 1. The van der Waals surface area contributed by atoms with E-state index in [9.17, 15) is 13.2 Å². The van der Waals surface area contributed by atoms with E-state index in [1.54, 1.807) is 18.3 Å². The third-order valence-electron chi connectivity index (χ3n) is 7.89. The molecule has 4 rings (SSSR count). The van der Waals surface area contributed by atoms with Crippen molar-refractivity contribution >= 4 is 21.7 Å². The molecule has 0 aliphatic carbocycles. The SMILES string of the molecule is Cc1ccncc1CN(c1ccc(OS(C)(=O)=O)cc1)C1CCN([C@H](C)CCNC(=O)c2c(C)ccnc2C)CC1. The first-order valence-corrected chi connectivity index (χ1v) is 15.9. The van der Waals surface area contributed by atoms with Crippen molar-refractivity contribution in [3.05, 3.63) is 82.9 Å². The average Bonchev–Trinajstić information content (AvgIpc) is 2.92. The van der Waals surface area contributed by atoms with Gasteiger partial charge in [0.05, 0.1) is 17.5 Å². The molecule has 1 amide bonds. The minimum Gasteiger partial charge on any atom is -0.383 e. The van der Waals surface area contributed by atoms with E-state index in [2.05, 4.69) is 38.9 Å². The van der Waals surface area contributed by atoms with E-state index in [0.717, 1.165) is 61.1 Å². The fourth-order valence-electron chi connectivity index (χ4n) is 5.49. The third kappa shape index (κ3) is 8.27. The molecular weight excluding hydrogens is 538 g/mol. The first-order chi connectivity index (χ1) is 19.5. The molecule has 0 saturated carbocycles. The molecule has 0 unspecified atom stereocenters. The van der Waals surface area contributed by atoms with Gasteiger partial charge >= 0.3 is 10.1 Å². The maximum atomic E-state index is 12.7. The first kappa shape index (κ1) is 30.5. The van der Waals surface area contributed by atoms with Crippen molar-refractivity contribution in [1.29, 1.82) is 0 Å². The molecule has 3 aromatic rings. The van der Waals surface area contributed by atoms with Crippen LogP contribution in [-0.4, -0.2) is 67.2 Å². The Balaban J connectivity index is 1.37. The Morgan fingerprint density at radius 3 is 2.39 bits per heavy atom. The molecule has 0 bridgehead atoms. The second-order valence-electron chi connectivity index (χ2n) is 11.0. The van der Waals surface area contributed by atoms with E-state index < -0.39 is 10.1 Å². The van der Waals surface area contributed by atoms with Crippen LogP contribution in [-0.2, 0) is 16.7 Å². The molecule has 1 aliphatic rings. The lowest BCUT2D eigenvalue weighted by molar-refractivity contribution is 0.0943. The van der Waals surface area contributed by atoms with Crippen molar-refractivity contribution in [3.63, 3.8) is 0 Å². The normalized spacial score (nSPS) is 15.3. The highest BCUT2D eigenvalue weighted by Gasteiger charge is 2.28. The van der Waals surface area contributed by atoms with Gasteiger partial charge in [0.25, 0.3) is 5.91 Å². The van der Waals surface area contributed by atoms with Gasteiger partial charge in [0.2, 0.25) is 0 Å². The van der Waals surface area contributed by atoms with E-state index in [0.29, 0.717) is 36.5 Å². The molecule has 10 heteroatoms. The quantitative estimate of drug-likeness (QED) is 0.333. The average molecular weight is 580 g/mol. The Morgan fingerprint density at radius 1 is 1.07 bits per heavy atom. The van der Waals surface area contributed by atoms with E-state index >= 15 is 0 Å². The van der Waals surface area contributed by atoms with Gasteiger partial charge in [0, 0.05) is 62.5 Å². The molecule has 1 aliphatic heterocycles. The van der Waals surface area contributed by atoms with E-state index in [4.69, 9.17) is 4.18 Å². The predicted molar refractivity (Wildman–Crippen MR) is 162 cm³/mol. The summed E-state index contributed by atoms with van der Waals surface area (Å²) in [6, 6.07) is 11.8. The number of nitrogens with one attached hydrogen (secondary N) is 1. The number of pyridine rings is 2. The van der Waals surface area contributed by atoms with Crippen LogP contribution >= 0.6 is 0 Å². The van der Waals surface area contributed by atoms with Crippen LogP contribution in [0.1, 0.15) is 58.9 Å². The number of carbonyl (C=O) groups excluding carboxylic acids is 1. The molecule has 220 valence electrons. The lowest BCUT2D eigenvalue weighted by Gasteiger charge is -2.42. The standard InChI is InChI=1S/C31H41N5O4S/c1-22-10-15-32-20-26(22)21-36(27-6-8-29(9-7-27)40-41(5,38)39)28-13-18-35(19-14-28)24(3)12-17-34-31(37)30-23(2)11-16-33-25(30)4/h6-11,15-16,20,24,28H,12-14,17-19,21H2,1-5H3,(H,34,37)/t24-/m1/s1. The van der Waals surface area contributed by atoms with Crippen molar-refractivity contribution < 1.29 is 17.4 Å². The molecule has 0 radical (unpaired) electrons. The van der Waals surface area contributed by atoms with Gasteiger partial charge < -0.3 is 19.3 Å². The van der Waals surface area contributed by atoms with E-state index in [-0.39, 0.29) is 5.91 Å². The summed E-state index contributed by atoms with van der Waals surface area (Å²) >= 11 is 0. The maximum absolute atomic E-state index is 12.7. The Kier molecular flexibility index (Phi) is 9.99. The lowest BCUT2D eigenvalue weighted by atomic mass is 9.99. The minimum atomic E-state index is -3.58. The van der Waals surface area contributed by atoms with Gasteiger partial charge in [-0.15, -0.1) is 0 Å². The highest BCUT2D eigenvalue weighted by Crippen LogP contribution is 2.29. The molecule has 41 heavy (non-hydrogen) atoms. The van der Waals surface area contributed by atoms with Gasteiger partial charge in [-0.05, 0) is 100 Å². The largest absolute Gasteiger partial charge is 0.383 e. The molecule has 0 spiro atoms. The molecule has 1 aromatic carbocycles. The molecule has 9 nitrogen and oxygen atoms in total. The van der Waals surface area contributed by atoms with Gasteiger partial charge in [0.1, 0.15) is 5.75 Å². The molecule has 1 fully saturated rings. The topological polar surface area (TPSA) is 105 Å². The fraction of sp³-hybridized carbons (Fsp3) is 0.452. The zero-order chi connectivity index (χ0) is 29.6. The number of anilines is 1. The zero-order valence-corrected chi connectivity index (χ0v) is 25.4. The van der Waals surface area contributed by atoms with Crippen LogP contribution in [0.2, 0.25) is 0 Å². The highest BCUT2D eigenvalue weighted by molar-refractivity contribution is 7.86. The first-order valence-electron chi connectivity index (χ1n) is 14.1. The second kappa shape index (κ2) is 13.4. The predicted octanol–water partition coefficient (Wildman–Crippen LogP) is 4.42. The number of hydrogen-bond acceptors (Lipinski definition) is 8. The van der Waals surface area contributed by atoms with E-state index in [1.807, 2.05) is 50.5 Å². The van der Waals surface area contributed by atoms with Gasteiger partial charge in [-0.25, -0.2) is 0 Å². The number of piperidine rings is 1. The summed E-state index contributed by atoms with van der Waals surface area (Å²) in [5.74, 6) is 0.242. The van der Waals surface area contributed by atoms with Gasteiger partial charge in [0.15, 0.2) is 0 Å². The number of hydrogen-bond donors (Lipinski definition) is 1. The second-order valence-corrected chi connectivity index (χ2v) is 12.5. The van der Waals surface area contributed by atoms with Crippen LogP contribution in [0.15, 0.2) is 55.0 Å². The summed E-state index contributed by atoms with van der Waals surface area (Å²) in [6.45, 7) is 11.4. The molecule has 1 atom stereocenters. The van der Waals surface area contributed by atoms with Gasteiger partial charge in [-0.3, -0.25) is 14.8 Å². The van der Waals surface area contributed by atoms with Crippen molar-refractivity contribution in [1.82, 2.24) is 20.2 Å². The van der Waals surface area contributed by atoms with Crippen molar-refractivity contribution in [2.24, 2.45) is 0 Å². The Morgan fingerprint density at radius 2 is 1.76 bits per heavy atom. The summed E-state index contributed by atoms with van der Waals surface area (Å²) < 4.78 is 28.2. The summed E-state index contributed by atoms with van der Waals surface area (Å²) in [4.78, 5) is 26.3. The smallest absolute Gasteiger partial charge is 0.306 e. The Bertz CT molecular complexity index is 1420. The summed E-state index contributed by atoms with van der Waals surface area (Å²) in [7, 11) is -3.58. The number of rotatable bonds is 11. The highest BCUT2D eigenvalue weighted by atomic mass is 32.2. The number of nitrogens with zero attached hydrogens (tertiary/aromatic N) is 4. The lowest BCUT2D eigenvalue weighted by Crippen LogP contribution is -2.48. The van der Waals surface area contributed by atoms with Crippen LogP contribution in [0.5, 0.6) is 5.75 Å². The van der Waals surface area contributed by atoms with Crippen molar-refractivity contribution in [2.75, 3.05) is 30.8 Å². The number of likely N-dealkylation sites (tertiary alicyclic amines) is 1. The van der Waals surface area contributed by atoms with Gasteiger partial charge in [-0.1, -0.05) is 0 Å². The fourth-order valence-corrected chi connectivity index (χ4v) is 5.95. The maximum Gasteiger partial charge on any atom is 0.306 e. The number of aromatic nitrogens is 2. The zero-order valence-electron chi connectivity index (χ0n) is 24.6. The molecule has 1 saturated heterocycles. The van der Waals surface area contributed by atoms with Crippen LogP contribution in [0.3, 0.4) is 0 Å². The van der Waals surface area contributed by atoms with E-state index in [1.165, 1.54) is 5.56 Å². The van der Waals surface area contributed by atoms with Crippen LogP contribution in [0.25, 0.3) is 0 Å². The Hall–Kier alpha value is -3.50. The van der Waals surface area contributed by atoms with Crippen molar-refractivity contribution in [3.8, 4) is 5.75 Å². The van der Waals surface area contributed by atoms with Crippen molar-refractivity contribution in [2.45, 2.75) is 65.6 Å². The molecule has 2 aromatic heterocycles. The monoisotopic (exact) mass is 579 g/mol. The third-order valence-corrected chi connectivity index (χ3v) is 8.39. The summed E-state index contributed by atoms with van der Waals surface area (Å²) in [5, 5.41) is 3.08. The summed E-state index contributed by atoms with van der Waals surface area (Å²) in [6.07, 6.45) is 9.36. The number of aryl methyl sites for hydroxylation is 3. The molecule has 1 N–H and O–H groups in total. The van der Waals surface area contributed by atoms with Gasteiger partial charge in [-0.2, -0.15) is 8.42 Å². The van der Waals surface area contributed by atoms with Crippen LogP contribution in [0, 0.1) is 20.8 Å². The summed E-state index contributed by atoms with van der Waals surface area (Å²) in [5.41, 5.74) is 5.72. The Labute approximate surface area is 244 Å². The number of amides is 1. The number of benzene rings is 1. The molecule has 3 heterocycles.